The van der Waals surface area contributed by atoms with Crippen molar-refractivity contribution in [1.82, 2.24) is 4.90 Å². The molecule has 122 valence electrons. The maximum Gasteiger partial charge on any atom is 0.422 e. The summed E-state index contributed by atoms with van der Waals surface area (Å²) in [7, 11) is 2.84. The first-order valence-corrected chi connectivity index (χ1v) is 7.01. The number of hydrogen-bond donors (Lipinski definition) is 0. The predicted octanol–water partition coefficient (Wildman–Crippen LogP) is 1.97. The summed E-state index contributed by atoms with van der Waals surface area (Å²) >= 11 is 0. The third-order valence-corrected chi connectivity index (χ3v) is 3.28. The van der Waals surface area contributed by atoms with Gasteiger partial charge in [0, 0.05) is 13.0 Å². The highest BCUT2D eigenvalue weighted by Crippen LogP contribution is 2.21. The van der Waals surface area contributed by atoms with Gasteiger partial charge in [0.25, 0.3) is 5.91 Å². The maximum absolute atomic E-state index is 12.2. The molecule has 0 spiro atoms. The number of amides is 2. The fraction of sp³-hybridized carbons (Fsp3) is 0.312. The molecule has 0 unspecified atom stereocenters. The van der Waals surface area contributed by atoms with Crippen LogP contribution >= 0.6 is 0 Å². The molecule has 0 atom stereocenters. The highest BCUT2D eigenvalue weighted by Gasteiger charge is 2.36. The van der Waals surface area contributed by atoms with E-state index in [9.17, 15) is 14.4 Å². The van der Waals surface area contributed by atoms with Gasteiger partial charge in [-0.25, -0.2) is 9.69 Å². The Morgan fingerprint density at radius 3 is 2.52 bits per heavy atom. The zero-order valence-electron chi connectivity index (χ0n) is 12.9. The highest BCUT2D eigenvalue weighted by molar-refractivity contribution is 6.09. The van der Waals surface area contributed by atoms with Crippen molar-refractivity contribution in [3.8, 4) is 5.75 Å². The molecule has 7 nitrogen and oxygen atoms in total. The number of benzene rings is 1. The monoisotopic (exact) mass is 319 g/mol. The van der Waals surface area contributed by atoms with E-state index >= 15 is 0 Å². The van der Waals surface area contributed by atoms with Crippen LogP contribution in [0.15, 0.2) is 30.0 Å². The van der Waals surface area contributed by atoms with Gasteiger partial charge in [0.15, 0.2) is 5.76 Å². The lowest BCUT2D eigenvalue weighted by molar-refractivity contribution is -0.141. The van der Waals surface area contributed by atoms with E-state index in [0.29, 0.717) is 17.7 Å². The number of cyclic esters (lactones) is 1. The lowest BCUT2D eigenvalue weighted by atomic mass is 10.2. The molecule has 1 aliphatic rings. The smallest absolute Gasteiger partial charge is 0.422 e. The van der Waals surface area contributed by atoms with Gasteiger partial charge >= 0.3 is 12.1 Å². The number of rotatable bonds is 6. The van der Waals surface area contributed by atoms with Crippen LogP contribution in [0.4, 0.5) is 4.79 Å². The molecule has 1 saturated heterocycles. The van der Waals surface area contributed by atoms with Gasteiger partial charge in [-0.2, -0.15) is 0 Å². The Labute approximate surface area is 133 Å². The summed E-state index contributed by atoms with van der Waals surface area (Å²) in [5.41, 5.74) is 0.707. The fourth-order valence-electron chi connectivity index (χ4n) is 2.03. The Morgan fingerprint density at radius 1 is 1.22 bits per heavy atom. The predicted molar refractivity (Wildman–Crippen MR) is 80.4 cm³/mol. The molecule has 0 aliphatic carbocycles. The summed E-state index contributed by atoms with van der Waals surface area (Å²) in [4.78, 5) is 35.9. The minimum atomic E-state index is -0.736. The Hall–Kier alpha value is -2.83. The van der Waals surface area contributed by atoms with E-state index in [1.807, 2.05) is 0 Å². The quantitative estimate of drug-likeness (QED) is 0.589. The number of imide groups is 1. The molecule has 7 heteroatoms. The van der Waals surface area contributed by atoms with Crippen LogP contribution in [-0.4, -0.2) is 43.6 Å². The van der Waals surface area contributed by atoms with Crippen LogP contribution in [0.1, 0.15) is 18.4 Å². The Bertz CT molecular complexity index is 634. The molecule has 0 N–H and O–H groups in total. The molecule has 2 amide bonds. The van der Waals surface area contributed by atoms with Crippen molar-refractivity contribution < 1.29 is 28.6 Å². The van der Waals surface area contributed by atoms with Crippen LogP contribution in [0.5, 0.6) is 5.75 Å². The number of carbonyl (C=O) groups excluding carboxylic acids is 3. The first-order chi connectivity index (χ1) is 11.0. The molecule has 0 bridgehead atoms. The highest BCUT2D eigenvalue weighted by atomic mass is 16.6. The van der Waals surface area contributed by atoms with E-state index in [2.05, 4.69) is 4.74 Å². The lowest BCUT2D eigenvalue weighted by Gasteiger charge is -2.08. The van der Waals surface area contributed by atoms with Gasteiger partial charge in [0.2, 0.25) is 0 Å². The van der Waals surface area contributed by atoms with Gasteiger partial charge in [-0.15, -0.1) is 0 Å². The van der Waals surface area contributed by atoms with E-state index in [0.717, 1.165) is 4.90 Å². The molecular formula is C16H17NO6. The zero-order chi connectivity index (χ0) is 16.8. The van der Waals surface area contributed by atoms with Crippen molar-refractivity contribution in [3.63, 3.8) is 0 Å². The summed E-state index contributed by atoms with van der Waals surface area (Å²) in [6, 6.07) is 6.96. The molecule has 1 heterocycles. The van der Waals surface area contributed by atoms with Gasteiger partial charge in [0.1, 0.15) is 5.75 Å². The van der Waals surface area contributed by atoms with Crippen LogP contribution in [0.2, 0.25) is 0 Å². The van der Waals surface area contributed by atoms with E-state index in [1.54, 1.807) is 31.4 Å². The van der Waals surface area contributed by atoms with Crippen molar-refractivity contribution in [1.29, 1.82) is 0 Å². The standard InChI is InChI=1S/C16H17NO6/c1-21-12-7-5-11(6-8-12)10-13-15(19)17(16(20)23-13)9-3-4-14(18)22-2/h5-8,10H,3-4,9H2,1-2H3/b13-10+. The van der Waals surface area contributed by atoms with E-state index in [4.69, 9.17) is 9.47 Å². The molecule has 1 aromatic carbocycles. The minimum absolute atomic E-state index is 0.0433. The van der Waals surface area contributed by atoms with Gasteiger partial charge < -0.3 is 14.2 Å². The van der Waals surface area contributed by atoms with E-state index in [-0.39, 0.29) is 24.7 Å². The average Bonchev–Trinajstić information content (AvgIpc) is 2.82. The van der Waals surface area contributed by atoms with Crippen LogP contribution in [-0.2, 0) is 19.1 Å². The van der Waals surface area contributed by atoms with Crippen molar-refractivity contribution in [2.24, 2.45) is 0 Å². The van der Waals surface area contributed by atoms with Crippen molar-refractivity contribution in [3.05, 3.63) is 35.6 Å². The number of methoxy groups -OCH3 is 2. The van der Waals surface area contributed by atoms with Crippen molar-refractivity contribution in [2.75, 3.05) is 20.8 Å². The Balaban J connectivity index is 2.01. The molecular weight excluding hydrogens is 302 g/mol. The van der Waals surface area contributed by atoms with Crippen LogP contribution in [0.25, 0.3) is 6.08 Å². The normalized spacial score (nSPS) is 15.7. The summed E-state index contributed by atoms with van der Waals surface area (Å²) < 4.78 is 14.5. The first kappa shape index (κ1) is 16.5. The topological polar surface area (TPSA) is 82.1 Å². The Morgan fingerprint density at radius 2 is 1.91 bits per heavy atom. The molecule has 0 aromatic heterocycles. The van der Waals surface area contributed by atoms with Gasteiger partial charge in [-0.1, -0.05) is 12.1 Å². The third kappa shape index (κ3) is 4.09. The average molecular weight is 319 g/mol. The Kier molecular flexibility index (Phi) is 5.35. The molecule has 0 saturated carbocycles. The molecule has 1 aromatic rings. The summed E-state index contributed by atoms with van der Waals surface area (Å²) in [5, 5.41) is 0. The second-order valence-corrected chi connectivity index (χ2v) is 4.79. The second kappa shape index (κ2) is 7.44. The summed E-state index contributed by atoms with van der Waals surface area (Å²) in [6.45, 7) is 0.104. The van der Waals surface area contributed by atoms with Gasteiger partial charge in [-0.05, 0) is 30.2 Å². The van der Waals surface area contributed by atoms with E-state index in [1.165, 1.54) is 13.2 Å². The number of hydrogen-bond acceptors (Lipinski definition) is 6. The SMILES string of the molecule is COC(=O)CCCN1C(=O)O/C(=C/c2ccc(OC)cc2)C1=O. The summed E-state index contributed by atoms with van der Waals surface area (Å²) in [6.07, 6.45) is 1.20. The largest absolute Gasteiger partial charge is 0.497 e. The molecule has 2 rings (SSSR count). The van der Waals surface area contributed by atoms with E-state index < -0.39 is 12.0 Å². The third-order valence-electron chi connectivity index (χ3n) is 3.28. The second-order valence-electron chi connectivity index (χ2n) is 4.79. The first-order valence-electron chi connectivity index (χ1n) is 7.01. The number of esters is 1. The number of carbonyl (C=O) groups is 3. The van der Waals surface area contributed by atoms with Crippen LogP contribution in [0.3, 0.4) is 0 Å². The van der Waals surface area contributed by atoms with Crippen molar-refractivity contribution >= 4 is 24.0 Å². The van der Waals surface area contributed by atoms with Crippen molar-refractivity contribution in [2.45, 2.75) is 12.8 Å². The van der Waals surface area contributed by atoms with Crippen LogP contribution in [0, 0.1) is 0 Å². The molecule has 23 heavy (non-hydrogen) atoms. The molecule has 1 fully saturated rings. The molecule has 0 radical (unpaired) electrons. The minimum Gasteiger partial charge on any atom is -0.497 e. The zero-order valence-corrected chi connectivity index (χ0v) is 12.9. The maximum atomic E-state index is 12.2. The fourth-order valence-corrected chi connectivity index (χ4v) is 2.03. The van der Waals surface area contributed by atoms with Crippen LogP contribution < -0.4 is 4.74 Å². The summed E-state index contributed by atoms with van der Waals surface area (Å²) in [5.74, 6) is -0.265. The van der Waals surface area contributed by atoms with Gasteiger partial charge in [0.05, 0.1) is 14.2 Å². The molecule has 1 aliphatic heterocycles. The number of nitrogens with zero attached hydrogens (tertiary/aromatic N) is 1. The lowest BCUT2D eigenvalue weighted by Crippen LogP contribution is -2.30. The number of ether oxygens (including phenoxy) is 3. The van der Waals surface area contributed by atoms with Gasteiger partial charge in [-0.3, -0.25) is 9.59 Å².